The second-order valence-electron chi connectivity index (χ2n) is 3.82. The highest BCUT2D eigenvalue weighted by Crippen LogP contribution is 2.27. The summed E-state index contributed by atoms with van der Waals surface area (Å²) in [7, 11) is 0. The lowest BCUT2D eigenvalue weighted by atomic mass is 10.2. The molecule has 17 heavy (non-hydrogen) atoms. The minimum Gasteiger partial charge on any atom is -0.397 e. The summed E-state index contributed by atoms with van der Waals surface area (Å²) in [5.74, 6) is -0.351. The molecule has 3 N–H and O–H groups in total. The van der Waals surface area contributed by atoms with Gasteiger partial charge in [-0.2, -0.15) is 0 Å². The maximum atomic E-state index is 12.9. The molecule has 0 bridgehead atoms. The highest BCUT2D eigenvalue weighted by molar-refractivity contribution is 6.30. The zero-order valence-corrected chi connectivity index (χ0v) is 10.1. The zero-order chi connectivity index (χ0) is 12.4. The van der Waals surface area contributed by atoms with E-state index in [1.807, 2.05) is 19.1 Å². The number of hydrogen-bond donors (Lipinski definition) is 2. The van der Waals surface area contributed by atoms with E-state index in [4.69, 9.17) is 17.3 Å². The van der Waals surface area contributed by atoms with Crippen LogP contribution in [0.1, 0.15) is 5.56 Å². The van der Waals surface area contributed by atoms with Crippen molar-refractivity contribution in [3.05, 3.63) is 52.8 Å². The summed E-state index contributed by atoms with van der Waals surface area (Å²) < 4.78 is 12.9. The molecular formula is C13H12ClFN2. The number of hydrogen-bond acceptors (Lipinski definition) is 2. The van der Waals surface area contributed by atoms with E-state index in [1.54, 1.807) is 12.1 Å². The molecule has 0 radical (unpaired) electrons. The largest absolute Gasteiger partial charge is 0.397 e. The van der Waals surface area contributed by atoms with E-state index < -0.39 is 0 Å². The average Bonchev–Trinajstić information content (AvgIpc) is 2.27. The molecule has 0 aliphatic rings. The fourth-order valence-electron chi connectivity index (χ4n) is 1.52. The second kappa shape index (κ2) is 4.63. The molecule has 0 spiro atoms. The summed E-state index contributed by atoms with van der Waals surface area (Å²) in [5.41, 5.74) is 8.65. The first-order chi connectivity index (χ1) is 8.06. The third-order valence-corrected chi connectivity index (χ3v) is 2.72. The number of nitrogens with two attached hydrogens (primary N) is 1. The molecule has 0 heterocycles. The van der Waals surface area contributed by atoms with Crippen molar-refractivity contribution in [3.8, 4) is 0 Å². The molecule has 0 unspecified atom stereocenters. The number of aryl methyl sites for hydroxylation is 1. The summed E-state index contributed by atoms with van der Waals surface area (Å²) in [5, 5.41) is 3.77. The van der Waals surface area contributed by atoms with Crippen LogP contribution in [0.4, 0.5) is 21.5 Å². The van der Waals surface area contributed by atoms with Gasteiger partial charge in [-0.1, -0.05) is 17.7 Å². The van der Waals surface area contributed by atoms with Crippen molar-refractivity contribution in [2.45, 2.75) is 6.92 Å². The molecule has 88 valence electrons. The van der Waals surface area contributed by atoms with Crippen LogP contribution in [-0.4, -0.2) is 0 Å². The Bertz CT molecular complexity index is 555. The van der Waals surface area contributed by atoms with E-state index in [0.29, 0.717) is 16.4 Å². The Balaban J connectivity index is 2.34. The van der Waals surface area contributed by atoms with Gasteiger partial charge in [0.05, 0.1) is 11.4 Å². The molecule has 0 aromatic heterocycles. The number of halogens is 2. The Kier molecular flexibility index (Phi) is 3.20. The van der Waals surface area contributed by atoms with E-state index in [9.17, 15) is 4.39 Å². The molecule has 4 heteroatoms. The molecule has 0 aliphatic heterocycles. The topological polar surface area (TPSA) is 38.0 Å². The maximum Gasteiger partial charge on any atom is 0.125 e. The van der Waals surface area contributed by atoms with Crippen molar-refractivity contribution in [1.82, 2.24) is 0 Å². The lowest BCUT2D eigenvalue weighted by molar-refractivity contribution is 0.628. The molecule has 2 aromatic rings. The van der Waals surface area contributed by atoms with E-state index in [0.717, 1.165) is 11.3 Å². The van der Waals surface area contributed by atoms with Crippen LogP contribution < -0.4 is 11.1 Å². The molecule has 0 saturated heterocycles. The fourth-order valence-corrected chi connectivity index (χ4v) is 1.69. The van der Waals surface area contributed by atoms with Crippen LogP contribution in [-0.2, 0) is 0 Å². The van der Waals surface area contributed by atoms with Crippen LogP contribution >= 0.6 is 11.6 Å². The summed E-state index contributed by atoms with van der Waals surface area (Å²) in [4.78, 5) is 0. The highest BCUT2D eigenvalue weighted by Gasteiger charge is 2.04. The summed E-state index contributed by atoms with van der Waals surface area (Å²) >= 11 is 5.92. The molecular weight excluding hydrogens is 239 g/mol. The van der Waals surface area contributed by atoms with Crippen LogP contribution in [0.25, 0.3) is 0 Å². The van der Waals surface area contributed by atoms with Crippen molar-refractivity contribution in [2.24, 2.45) is 0 Å². The van der Waals surface area contributed by atoms with Gasteiger partial charge in [0.2, 0.25) is 0 Å². The predicted octanol–water partition coefficient (Wildman–Crippen LogP) is 4.11. The van der Waals surface area contributed by atoms with E-state index >= 15 is 0 Å². The third kappa shape index (κ3) is 2.68. The first-order valence-corrected chi connectivity index (χ1v) is 5.52. The van der Waals surface area contributed by atoms with Crippen molar-refractivity contribution in [3.63, 3.8) is 0 Å². The van der Waals surface area contributed by atoms with E-state index in [1.165, 1.54) is 12.1 Å². The number of benzene rings is 2. The minimum atomic E-state index is -0.351. The van der Waals surface area contributed by atoms with Gasteiger partial charge >= 0.3 is 0 Å². The Morgan fingerprint density at radius 1 is 1.12 bits per heavy atom. The average molecular weight is 251 g/mol. The molecule has 0 fully saturated rings. The van der Waals surface area contributed by atoms with Crippen molar-refractivity contribution >= 4 is 28.7 Å². The lowest BCUT2D eigenvalue weighted by Crippen LogP contribution is -1.98. The number of nitrogens with one attached hydrogen (secondary N) is 1. The van der Waals surface area contributed by atoms with Crippen LogP contribution in [0.3, 0.4) is 0 Å². The van der Waals surface area contributed by atoms with E-state index in [2.05, 4.69) is 5.32 Å². The van der Waals surface area contributed by atoms with Gasteiger partial charge in [0.15, 0.2) is 0 Å². The third-order valence-electron chi connectivity index (χ3n) is 2.48. The van der Waals surface area contributed by atoms with Gasteiger partial charge < -0.3 is 11.1 Å². The van der Waals surface area contributed by atoms with Crippen molar-refractivity contribution < 1.29 is 4.39 Å². The van der Waals surface area contributed by atoms with Crippen LogP contribution in [0.5, 0.6) is 0 Å². The van der Waals surface area contributed by atoms with Gasteiger partial charge in [-0.3, -0.25) is 0 Å². The Morgan fingerprint density at radius 3 is 2.59 bits per heavy atom. The first kappa shape index (κ1) is 11.7. The van der Waals surface area contributed by atoms with Crippen molar-refractivity contribution in [2.75, 3.05) is 11.1 Å². The quantitative estimate of drug-likeness (QED) is 0.787. The summed E-state index contributed by atoms with van der Waals surface area (Å²) in [6.07, 6.45) is 0. The first-order valence-electron chi connectivity index (χ1n) is 5.14. The normalized spacial score (nSPS) is 10.3. The van der Waals surface area contributed by atoms with Crippen LogP contribution in [0.15, 0.2) is 36.4 Å². The van der Waals surface area contributed by atoms with Crippen molar-refractivity contribution in [1.29, 1.82) is 0 Å². The minimum absolute atomic E-state index is 0.351. The van der Waals surface area contributed by atoms with Gasteiger partial charge in [0, 0.05) is 10.7 Å². The lowest BCUT2D eigenvalue weighted by Gasteiger charge is -2.12. The van der Waals surface area contributed by atoms with Gasteiger partial charge in [0.25, 0.3) is 0 Å². The molecule has 2 rings (SSSR count). The summed E-state index contributed by atoms with van der Waals surface area (Å²) in [6, 6.07) is 9.77. The molecule has 0 saturated carbocycles. The molecule has 2 aromatic carbocycles. The monoisotopic (exact) mass is 250 g/mol. The van der Waals surface area contributed by atoms with Crippen LogP contribution in [0.2, 0.25) is 5.02 Å². The number of nitrogen functional groups attached to an aromatic ring is 1. The van der Waals surface area contributed by atoms with Gasteiger partial charge in [0.1, 0.15) is 5.82 Å². The highest BCUT2D eigenvalue weighted by atomic mass is 35.5. The summed E-state index contributed by atoms with van der Waals surface area (Å²) in [6.45, 7) is 1.96. The Labute approximate surface area is 104 Å². The van der Waals surface area contributed by atoms with Gasteiger partial charge in [-0.05, 0) is 42.8 Å². The second-order valence-corrected chi connectivity index (χ2v) is 4.25. The van der Waals surface area contributed by atoms with Gasteiger partial charge in [-0.15, -0.1) is 0 Å². The van der Waals surface area contributed by atoms with Gasteiger partial charge in [-0.25, -0.2) is 4.39 Å². The molecule has 0 atom stereocenters. The van der Waals surface area contributed by atoms with Crippen LogP contribution in [0, 0.1) is 12.7 Å². The number of anilines is 3. The Morgan fingerprint density at radius 2 is 1.88 bits per heavy atom. The maximum absolute atomic E-state index is 12.9. The van der Waals surface area contributed by atoms with E-state index in [-0.39, 0.29) is 5.82 Å². The SMILES string of the molecule is Cc1ccc(Cl)cc1Nc1ccc(F)cc1N. The zero-order valence-electron chi connectivity index (χ0n) is 9.30. The standard InChI is InChI=1S/C13H12ClFN2/c1-8-2-3-9(14)6-13(8)17-12-5-4-10(15)7-11(12)16/h2-7,17H,16H2,1H3. The smallest absolute Gasteiger partial charge is 0.125 e. The predicted molar refractivity (Wildman–Crippen MR) is 70.3 cm³/mol. The molecule has 0 aliphatic carbocycles. The molecule has 2 nitrogen and oxygen atoms in total. The number of rotatable bonds is 2. The Hall–Kier alpha value is -1.74. The molecule has 0 amide bonds. The fraction of sp³-hybridized carbons (Fsp3) is 0.0769.